The average Bonchev–Trinajstić information content (AvgIpc) is 2.66. The van der Waals surface area contributed by atoms with Crippen LogP contribution in [-0.4, -0.2) is 35.7 Å². The molecule has 114 valence electrons. The molecule has 0 aliphatic carbocycles. The Balaban J connectivity index is 2.74. The van der Waals surface area contributed by atoms with E-state index in [9.17, 15) is 18.0 Å². The molecule has 0 saturated heterocycles. The Morgan fingerprint density at radius 2 is 2.00 bits per heavy atom. The molecule has 0 aromatic carbocycles. The van der Waals surface area contributed by atoms with Crippen molar-refractivity contribution in [3.8, 4) is 0 Å². The summed E-state index contributed by atoms with van der Waals surface area (Å²) in [6.45, 7) is 6.56. The second-order valence-electron chi connectivity index (χ2n) is 5.58. The number of halogens is 3. The molecular formula is C11H17F3N2O3Si. The number of aromatic carboxylic acids is 1. The van der Waals surface area contributed by atoms with E-state index in [2.05, 4.69) is 24.6 Å². The number of aromatic amines is 1. The highest BCUT2D eigenvalue weighted by Gasteiger charge is 2.36. The highest BCUT2D eigenvalue weighted by molar-refractivity contribution is 6.76. The Hall–Kier alpha value is -1.35. The maximum atomic E-state index is 12.5. The molecule has 0 amide bonds. The molecule has 1 rings (SSSR count). The summed E-state index contributed by atoms with van der Waals surface area (Å²) in [6, 6.07) is 0.843. The van der Waals surface area contributed by atoms with Crippen molar-refractivity contribution in [3.05, 3.63) is 17.2 Å². The lowest BCUT2D eigenvalue weighted by Crippen LogP contribution is -2.21. The van der Waals surface area contributed by atoms with Gasteiger partial charge < -0.3 is 14.8 Å². The molecule has 0 radical (unpaired) electrons. The van der Waals surface area contributed by atoms with Gasteiger partial charge in [0, 0.05) is 14.7 Å². The molecule has 0 saturated carbocycles. The number of H-pyrrole nitrogens is 1. The van der Waals surface area contributed by atoms with Gasteiger partial charge in [0.15, 0.2) is 5.69 Å². The van der Waals surface area contributed by atoms with Crippen molar-refractivity contribution in [3.63, 3.8) is 0 Å². The van der Waals surface area contributed by atoms with E-state index in [1.54, 1.807) is 0 Å². The van der Waals surface area contributed by atoms with E-state index in [1.807, 2.05) is 4.98 Å². The third-order valence-electron chi connectivity index (χ3n) is 2.49. The topological polar surface area (TPSA) is 75.2 Å². The van der Waals surface area contributed by atoms with E-state index in [0.717, 1.165) is 6.04 Å². The van der Waals surface area contributed by atoms with Crippen LogP contribution in [-0.2, 0) is 17.5 Å². The number of hydrogen-bond donors (Lipinski definition) is 2. The van der Waals surface area contributed by atoms with Crippen molar-refractivity contribution >= 4 is 14.0 Å². The minimum absolute atomic E-state index is 0.166. The second-order valence-corrected chi connectivity index (χ2v) is 11.2. The molecule has 0 spiro atoms. The number of imidazole rings is 1. The van der Waals surface area contributed by atoms with Gasteiger partial charge in [-0.1, -0.05) is 19.6 Å². The van der Waals surface area contributed by atoms with E-state index in [-0.39, 0.29) is 12.3 Å². The zero-order chi connectivity index (χ0) is 15.6. The summed E-state index contributed by atoms with van der Waals surface area (Å²) in [5, 5.41) is 8.83. The number of rotatable bonds is 6. The third kappa shape index (κ3) is 4.97. The highest BCUT2D eigenvalue weighted by Crippen LogP contribution is 2.27. The average molecular weight is 310 g/mol. The molecule has 0 aliphatic rings. The van der Waals surface area contributed by atoms with E-state index in [4.69, 9.17) is 9.84 Å². The van der Waals surface area contributed by atoms with Crippen LogP contribution in [0.3, 0.4) is 0 Å². The number of hydrogen-bond acceptors (Lipinski definition) is 3. The summed E-state index contributed by atoms with van der Waals surface area (Å²) in [5.74, 6) is -2.83. The molecule has 1 aromatic rings. The number of ether oxygens (including phenoxy) is 1. The first-order chi connectivity index (χ1) is 9.00. The number of alkyl halides is 3. The molecule has 0 bridgehead atoms. The molecule has 1 aromatic heterocycles. The van der Waals surface area contributed by atoms with Crippen molar-refractivity contribution in [1.82, 2.24) is 9.97 Å². The largest absolute Gasteiger partial charge is 0.476 e. The Kier molecular flexibility index (Phi) is 4.98. The molecule has 0 atom stereocenters. The summed E-state index contributed by atoms with van der Waals surface area (Å²) in [5.41, 5.74) is -0.814. The van der Waals surface area contributed by atoms with E-state index in [1.165, 1.54) is 0 Å². The maximum absolute atomic E-state index is 12.5. The fourth-order valence-electron chi connectivity index (χ4n) is 1.38. The van der Waals surface area contributed by atoms with Gasteiger partial charge in [0.25, 0.3) is 0 Å². The molecule has 0 fully saturated rings. The lowest BCUT2D eigenvalue weighted by Gasteiger charge is -2.15. The monoisotopic (exact) mass is 310 g/mol. The Morgan fingerprint density at radius 1 is 1.40 bits per heavy atom. The summed E-state index contributed by atoms with van der Waals surface area (Å²) in [4.78, 5) is 15.9. The van der Waals surface area contributed by atoms with Crippen molar-refractivity contribution in [2.45, 2.75) is 38.5 Å². The van der Waals surface area contributed by atoms with Crippen LogP contribution in [0.25, 0.3) is 0 Å². The molecule has 9 heteroatoms. The summed E-state index contributed by atoms with van der Waals surface area (Å²) in [7, 11) is -1.30. The molecule has 20 heavy (non-hydrogen) atoms. The normalized spacial score (nSPS) is 12.7. The van der Waals surface area contributed by atoms with Crippen molar-refractivity contribution in [1.29, 1.82) is 0 Å². The number of aromatic nitrogens is 2. The summed E-state index contributed by atoms with van der Waals surface area (Å²) < 4.78 is 42.6. The number of carbonyl (C=O) groups is 1. The molecule has 0 unspecified atom stereocenters. The van der Waals surface area contributed by atoms with Crippen LogP contribution in [0.2, 0.25) is 25.7 Å². The van der Waals surface area contributed by atoms with E-state index >= 15 is 0 Å². The minimum atomic E-state index is -4.71. The predicted octanol–water partition coefficient (Wildman–Crippen LogP) is 2.98. The van der Waals surface area contributed by atoms with Crippen molar-refractivity contribution in [2.75, 3.05) is 6.61 Å². The first-order valence-corrected chi connectivity index (χ1v) is 9.68. The summed E-state index contributed by atoms with van der Waals surface area (Å²) >= 11 is 0. The van der Waals surface area contributed by atoms with Gasteiger partial charge in [-0.2, -0.15) is 13.2 Å². The number of nitrogens with one attached hydrogen (secondary N) is 1. The number of carboxylic acids is 1. The third-order valence-corrected chi connectivity index (χ3v) is 4.20. The maximum Gasteiger partial charge on any atom is 0.449 e. The van der Waals surface area contributed by atoms with Crippen LogP contribution in [0.15, 0.2) is 0 Å². The fraction of sp³-hybridized carbons (Fsp3) is 0.636. The van der Waals surface area contributed by atoms with Gasteiger partial charge in [0.1, 0.15) is 0 Å². The van der Waals surface area contributed by atoms with Gasteiger partial charge in [-0.3, -0.25) is 0 Å². The Morgan fingerprint density at radius 3 is 2.45 bits per heavy atom. The number of carboxylic acid groups (broad SMARTS) is 1. The zero-order valence-electron chi connectivity index (χ0n) is 11.5. The first-order valence-electron chi connectivity index (χ1n) is 5.98. The lowest BCUT2D eigenvalue weighted by molar-refractivity contribution is -0.144. The first kappa shape index (κ1) is 16.7. The predicted molar refractivity (Wildman–Crippen MR) is 68.4 cm³/mol. The van der Waals surface area contributed by atoms with E-state index in [0.29, 0.717) is 6.61 Å². The van der Waals surface area contributed by atoms with Crippen LogP contribution in [0.1, 0.15) is 22.0 Å². The smallest absolute Gasteiger partial charge is 0.449 e. The summed E-state index contributed by atoms with van der Waals surface area (Å²) in [6.07, 6.45) is -4.71. The minimum Gasteiger partial charge on any atom is -0.476 e. The van der Waals surface area contributed by atoms with Crippen LogP contribution >= 0.6 is 0 Å². The van der Waals surface area contributed by atoms with Gasteiger partial charge in [-0.25, -0.2) is 9.78 Å². The molecule has 2 N–H and O–H groups in total. The zero-order valence-corrected chi connectivity index (χ0v) is 12.5. The molecule has 0 aliphatic heterocycles. The van der Waals surface area contributed by atoms with Gasteiger partial charge in [-0.05, 0) is 6.04 Å². The Labute approximate surface area is 115 Å². The SMILES string of the molecule is C[Si](C)(C)CCOCc1[nH]c(C(F)(F)F)nc1C(=O)O. The van der Waals surface area contributed by atoms with Gasteiger partial charge in [0.2, 0.25) is 5.82 Å². The van der Waals surface area contributed by atoms with Crippen molar-refractivity contribution < 1.29 is 27.8 Å². The van der Waals surface area contributed by atoms with Gasteiger partial charge in [0.05, 0.1) is 12.3 Å². The van der Waals surface area contributed by atoms with Crippen LogP contribution < -0.4 is 0 Å². The molecule has 5 nitrogen and oxygen atoms in total. The van der Waals surface area contributed by atoms with Crippen molar-refractivity contribution in [2.24, 2.45) is 0 Å². The van der Waals surface area contributed by atoms with E-state index < -0.39 is 31.7 Å². The standard InChI is InChI=1S/C11H17F3N2O3Si/c1-20(2,3)5-4-19-6-7-8(9(17)18)16-10(15-7)11(12,13)14/h4-6H2,1-3H3,(H,15,16)(H,17,18). The quantitative estimate of drug-likeness (QED) is 0.625. The molecular weight excluding hydrogens is 293 g/mol. The van der Waals surface area contributed by atoms with Gasteiger partial charge >= 0.3 is 12.1 Å². The second kappa shape index (κ2) is 5.96. The lowest BCUT2D eigenvalue weighted by atomic mass is 10.3. The highest BCUT2D eigenvalue weighted by atomic mass is 28.3. The van der Waals surface area contributed by atoms with Gasteiger partial charge in [-0.15, -0.1) is 0 Å². The van der Waals surface area contributed by atoms with Crippen LogP contribution in [0, 0.1) is 0 Å². The fourth-order valence-corrected chi connectivity index (χ4v) is 2.13. The van der Waals surface area contributed by atoms with Crippen LogP contribution in [0.4, 0.5) is 13.2 Å². The number of nitrogens with zero attached hydrogens (tertiary/aromatic N) is 1. The molecule has 1 heterocycles. The Bertz CT molecular complexity index is 480. The van der Waals surface area contributed by atoms with Crippen LogP contribution in [0.5, 0.6) is 0 Å².